The molecule has 1 aromatic heterocycles. The third kappa shape index (κ3) is 5.17. The van der Waals surface area contributed by atoms with Gasteiger partial charge in [0.05, 0.1) is 0 Å². The molecule has 6 heteroatoms. The molecular formula is C19H24N2O4. The van der Waals surface area contributed by atoms with Crippen LogP contribution in [0.1, 0.15) is 45.1 Å². The van der Waals surface area contributed by atoms with Crippen molar-refractivity contribution in [1.82, 2.24) is 5.32 Å². The first-order chi connectivity index (χ1) is 11.9. The smallest absolute Gasteiger partial charge is 0.336 e. The third-order valence-electron chi connectivity index (χ3n) is 4.01. The maximum absolute atomic E-state index is 12.5. The molecule has 0 bridgehead atoms. The maximum atomic E-state index is 12.5. The van der Waals surface area contributed by atoms with Gasteiger partial charge in [0.15, 0.2) is 0 Å². The van der Waals surface area contributed by atoms with Gasteiger partial charge in [-0.3, -0.25) is 9.59 Å². The number of benzene rings is 1. The van der Waals surface area contributed by atoms with Crippen LogP contribution in [0.25, 0.3) is 11.0 Å². The lowest BCUT2D eigenvalue weighted by atomic mass is 10.1. The van der Waals surface area contributed by atoms with Crippen LogP contribution in [0.2, 0.25) is 0 Å². The quantitative estimate of drug-likeness (QED) is 0.596. The van der Waals surface area contributed by atoms with Crippen molar-refractivity contribution in [1.29, 1.82) is 0 Å². The first kappa shape index (κ1) is 18.7. The summed E-state index contributed by atoms with van der Waals surface area (Å²) in [6.07, 6.45) is 3.49. The molecule has 2 aromatic rings. The minimum absolute atomic E-state index is 0.239. The van der Waals surface area contributed by atoms with Crippen molar-refractivity contribution >= 4 is 28.5 Å². The lowest BCUT2D eigenvalue weighted by Gasteiger charge is -2.17. The molecule has 1 heterocycles. The molecule has 0 aliphatic carbocycles. The summed E-state index contributed by atoms with van der Waals surface area (Å²) in [5.41, 5.74) is 1.34. The molecule has 0 saturated carbocycles. The zero-order chi connectivity index (χ0) is 18.4. The summed E-state index contributed by atoms with van der Waals surface area (Å²) in [5.74, 6) is -0.516. The van der Waals surface area contributed by atoms with E-state index >= 15 is 0 Å². The summed E-state index contributed by atoms with van der Waals surface area (Å²) in [4.78, 5) is 35.4. The summed E-state index contributed by atoms with van der Waals surface area (Å²) in [7, 11) is 0. The van der Waals surface area contributed by atoms with E-state index in [0.29, 0.717) is 17.7 Å². The van der Waals surface area contributed by atoms with Gasteiger partial charge in [0.1, 0.15) is 11.6 Å². The number of aryl methyl sites for hydroxylation is 1. The van der Waals surface area contributed by atoms with Crippen LogP contribution in [-0.2, 0) is 9.59 Å². The predicted molar refractivity (Wildman–Crippen MR) is 97.6 cm³/mol. The van der Waals surface area contributed by atoms with Crippen LogP contribution >= 0.6 is 0 Å². The minimum atomic E-state index is -0.579. The Morgan fingerprint density at radius 3 is 2.64 bits per heavy atom. The van der Waals surface area contributed by atoms with Crippen molar-refractivity contribution < 1.29 is 14.0 Å². The Bertz CT molecular complexity index is 826. The summed E-state index contributed by atoms with van der Waals surface area (Å²) in [6.45, 7) is 5.31. The largest absolute Gasteiger partial charge is 0.423 e. The topological polar surface area (TPSA) is 88.4 Å². The number of rotatable bonds is 7. The van der Waals surface area contributed by atoms with Gasteiger partial charge in [0.2, 0.25) is 11.8 Å². The van der Waals surface area contributed by atoms with Crippen molar-refractivity contribution in [3.63, 3.8) is 0 Å². The standard InChI is InChI=1S/C19H24N2O4/c1-4-5-6-7-16(20-13(3)22)19(24)21-14-8-9-15-12(2)10-18(23)25-17(15)11-14/h8-11,16H,4-7H2,1-3H3,(H,20,22)(H,21,24). The fourth-order valence-corrected chi connectivity index (χ4v) is 2.74. The van der Waals surface area contributed by atoms with Crippen LogP contribution in [0.4, 0.5) is 5.69 Å². The van der Waals surface area contributed by atoms with E-state index in [1.807, 2.05) is 6.92 Å². The molecule has 134 valence electrons. The van der Waals surface area contributed by atoms with E-state index < -0.39 is 11.7 Å². The van der Waals surface area contributed by atoms with Gasteiger partial charge in [-0.15, -0.1) is 0 Å². The van der Waals surface area contributed by atoms with Crippen molar-refractivity contribution in [3.8, 4) is 0 Å². The summed E-state index contributed by atoms with van der Waals surface area (Å²) >= 11 is 0. The third-order valence-corrected chi connectivity index (χ3v) is 4.01. The lowest BCUT2D eigenvalue weighted by molar-refractivity contribution is -0.125. The number of nitrogens with one attached hydrogen (secondary N) is 2. The predicted octanol–water partition coefficient (Wildman–Crippen LogP) is 3.12. The van der Waals surface area contributed by atoms with Gasteiger partial charge in [-0.25, -0.2) is 4.79 Å². The Hall–Kier alpha value is -2.63. The Morgan fingerprint density at radius 1 is 1.20 bits per heavy atom. The zero-order valence-corrected chi connectivity index (χ0v) is 14.8. The Labute approximate surface area is 146 Å². The van der Waals surface area contributed by atoms with E-state index in [-0.39, 0.29) is 11.8 Å². The van der Waals surface area contributed by atoms with E-state index in [1.165, 1.54) is 13.0 Å². The number of carbonyl (C=O) groups excluding carboxylic acids is 2. The first-order valence-electron chi connectivity index (χ1n) is 8.53. The highest BCUT2D eigenvalue weighted by Gasteiger charge is 2.19. The fourth-order valence-electron chi connectivity index (χ4n) is 2.74. The van der Waals surface area contributed by atoms with Crippen LogP contribution in [0.15, 0.2) is 33.5 Å². The van der Waals surface area contributed by atoms with Gasteiger partial charge in [-0.05, 0) is 31.0 Å². The van der Waals surface area contributed by atoms with Gasteiger partial charge >= 0.3 is 5.63 Å². The monoisotopic (exact) mass is 344 g/mol. The molecule has 1 aromatic carbocycles. The number of carbonyl (C=O) groups is 2. The number of unbranched alkanes of at least 4 members (excludes halogenated alkanes) is 2. The summed E-state index contributed by atoms with van der Waals surface area (Å²) < 4.78 is 5.19. The van der Waals surface area contributed by atoms with Crippen molar-refractivity contribution in [2.45, 2.75) is 52.5 Å². The molecule has 0 saturated heterocycles. The second-order valence-corrected chi connectivity index (χ2v) is 6.20. The lowest BCUT2D eigenvalue weighted by Crippen LogP contribution is -2.42. The molecule has 2 amide bonds. The Kier molecular flexibility index (Phi) is 6.33. The second-order valence-electron chi connectivity index (χ2n) is 6.20. The van der Waals surface area contributed by atoms with Crippen molar-refractivity contribution in [3.05, 3.63) is 40.2 Å². The molecule has 6 nitrogen and oxygen atoms in total. The first-order valence-corrected chi connectivity index (χ1v) is 8.53. The average molecular weight is 344 g/mol. The summed E-state index contributed by atoms with van der Waals surface area (Å²) in [6, 6.07) is 6.03. The number of fused-ring (bicyclic) bond motifs is 1. The molecule has 0 aliphatic rings. The Morgan fingerprint density at radius 2 is 1.96 bits per heavy atom. The van der Waals surface area contributed by atoms with Gasteiger partial charge in [0.25, 0.3) is 0 Å². The number of hydrogen-bond acceptors (Lipinski definition) is 4. The molecule has 1 unspecified atom stereocenters. The van der Waals surface area contributed by atoms with Crippen molar-refractivity contribution in [2.75, 3.05) is 5.32 Å². The molecule has 25 heavy (non-hydrogen) atoms. The second kappa shape index (κ2) is 8.46. The van der Waals surface area contributed by atoms with Crippen LogP contribution in [-0.4, -0.2) is 17.9 Å². The van der Waals surface area contributed by atoms with E-state index in [0.717, 1.165) is 30.2 Å². The molecule has 0 radical (unpaired) electrons. The van der Waals surface area contributed by atoms with Crippen molar-refractivity contribution in [2.24, 2.45) is 0 Å². The van der Waals surface area contributed by atoms with Gasteiger partial charge in [-0.2, -0.15) is 0 Å². The van der Waals surface area contributed by atoms with E-state index in [1.54, 1.807) is 18.2 Å². The number of hydrogen-bond donors (Lipinski definition) is 2. The highest BCUT2D eigenvalue weighted by atomic mass is 16.4. The van der Waals surface area contributed by atoms with Crippen LogP contribution in [0.5, 0.6) is 0 Å². The van der Waals surface area contributed by atoms with Crippen LogP contribution in [0.3, 0.4) is 0 Å². The molecule has 2 rings (SSSR count). The molecule has 0 aliphatic heterocycles. The molecule has 0 spiro atoms. The van der Waals surface area contributed by atoms with Gasteiger partial charge < -0.3 is 15.1 Å². The maximum Gasteiger partial charge on any atom is 0.336 e. The van der Waals surface area contributed by atoms with Crippen LogP contribution < -0.4 is 16.3 Å². The summed E-state index contributed by atoms with van der Waals surface area (Å²) in [5, 5.41) is 6.30. The number of anilines is 1. The normalized spacial score (nSPS) is 12.0. The van der Waals surface area contributed by atoms with Gasteiger partial charge in [-0.1, -0.05) is 26.2 Å². The van der Waals surface area contributed by atoms with Gasteiger partial charge in [0, 0.05) is 30.1 Å². The van der Waals surface area contributed by atoms with E-state index in [9.17, 15) is 14.4 Å². The highest BCUT2D eigenvalue weighted by molar-refractivity contribution is 5.98. The van der Waals surface area contributed by atoms with E-state index in [4.69, 9.17) is 4.42 Å². The minimum Gasteiger partial charge on any atom is -0.423 e. The fraction of sp³-hybridized carbons (Fsp3) is 0.421. The molecule has 1 atom stereocenters. The average Bonchev–Trinajstić information content (AvgIpc) is 2.53. The molecule has 2 N–H and O–H groups in total. The zero-order valence-electron chi connectivity index (χ0n) is 14.8. The highest BCUT2D eigenvalue weighted by Crippen LogP contribution is 2.21. The molecule has 0 fully saturated rings. The Balaban J connectivity index is 2.17. The van der Waals surface area contributed by atoms with E-state index in [2.05, 4.69) is 17.6 Å². The molecular weight excluding hydrogens is 320 g/mol. The SMILES string of the molecule is CCCCCC(NC(C)=O)C(=O)Nc1ccc2c(C)cc(=O)oc2c1. The van der Waals surface area contributed by atoms with Crippen LogP contribution in [0, 0.1) is 6.92 Å². The number of amides is 2.